The molecule has 15 heavy (non-hydrogen) atoms. The fraction of sp³-hybridized carbons (Fsp3) is 0.111. The molecular formula is C9H5BrF3NS. The minimum absolute atomic E-state index is 0.112. The highest BCUT2D eigenvalue weighted by Gasteiger charge is 2.30. The smallest absolute Gasteiger partial charge is 0.310 e. The van der Waals surface area contributed by atoms with E-state index in [1.165, 1.54) is 10.5 Å². The van der Waals surface area contributed by atoms with E-state index in [0.29, 0.717) is 0 Å². The SMILES string of the molecule is FC(F)(F)Sc1ccc2c(Br)cccn12. The average Bonchev–Trinajstić information content (AvgIpc) is 2.48. The van der Waals surface area contributed by atoms with Gasteiger partial charge in [0.2, 0.25) is 0 Å². The second-order valence-electron chi connectivity index (χ2n) is 2.83. The van der Waals surface area contributed by atoms with Crippen LogP contribution in [0.5, 0.6) is 0 Å². The van der Waals surface area contributed by atoms with Gasteiger partial charge in [-0.05, 0) is 40.2 Å². The zero-order valence-corrected chi connectivity index (χ0v) is 9.66. The van der Waals surface area contributed by atoms with Crippen molar-refractivity contribution in [3.63, 3.8) is 0 Å². The van der Waals surface area contributed by atoms with Crippen LogP contribution in [0.3, 0.4) is 0 Å². The molecule has 0 saturated heterocycles. The second kappa shape index (κ2) is 3.75. The normalized spacial score (nSPS) is 12.3. The Bertz CT molecular complexity index is 492. The van der Waals surface area contributed by atoms with Crippen molar-refractivity contribution in [3.05, 3.63) is 34.9 Å². The van der Waals surface area contributed by atoms with Crippen LogP contribution in [0, 0.1) is 0 Å². The molecule has 0 spiro atoms. The Labute approximate surface area is 96.4 Å². The molecule has 0 amide bonds. The van der Waals surface area contributed by atoms with Crippen molar-refractivity contribution in [3.8, 4) is 0 Å². The third kappa shape index (κ3) is 2.31. The number of thioether (sulfide) groups is 1. The van der Waals surface area contributed by atoms with Crippen molar-refractivity contribution >= 4 is 33.2 Å². The standard InChI is InChI=1S/C9H5BrF3NS/c10-6-2-1-5-14-7(6)3-4-8(14)15-9(11,12)13/h1-5H. The summed E-state index contributed by atoms with van der Waals surface area (Å²) in [6.07, 6.45) is 1.61. The Hall–Kier alpha value is -0.620. The summed E-state index contributed by atoms with van der Waals surface area (Å²) < 4.78 is 38.8. The van der Waals surface area contributed by atoms with E-state index in [9.17, 15) is 13.2 Å². The molecule has 2 heterocycles. The van der Waals surface area contributed by atoms with Gasteiger partial charge in [0, 0.05) is 22.4 Å². The van der Waals surface area contributed by atoms with Crippen molar-refractivity contribution in [1.29, 1.82) is 0 Å². The van der Waals surface area contributed by atoms with Crippen LogP contribution in [-0.4, -0.2) is 9.91 Å². The van der Waals surface area contributed by atoms with Gasteiger partial charge in [0.1, 0.15) is 0 Å². The Morgan fingerprint density at radius 2 is 1.93 bits per heavy atom. The number of rotatable bonds is 1. The van der Waals surface area contributed by atoms with Crippen molar-refractivity contribution in [2.24, 2.45) is 0 Å². The minimum atomic E-state index is -4.25. The number of fused-ring (bicyclic) bond motifs is 1. The number of aromatic nitrogens is 1. The highest BCUT2D eigenvalue weighted by Crippen LogP contribution is 2.38. The minimum Gasteiger partial charge on any atom is -0.310 e. The average molecular weight is 296 g/mol. The molecule has 0 saturated carbocycles. The van der Waals surface area contributed by atoms with E-state index in [0.717, 1.165) is 9.99 Å². The highest BCUT2D eigenvalue weighted by atomic mass is 79.9. The zero-order chi connectivity index (χ0) is 11.1. The molecule has 0 N–H and O–H groups in total. The molecule has 0 radical (unpaired) electrons. The molecule has 0 fully saturated rings. The number of pyridine rings is 1. The van der Waals surface area contributed by atoms with Crippen molar-refractivity contribution in [1.82, 2.24) is 4.40 Å². The molecule has 6 heteroatoms. The van der Waals surface area contributed by atoms with Gasteiger partial charge in [0.05, 0.1) is 10.5 Å². The van der Waals surface area contributed by atoms with Crippen LogP contribution in [0.1, 0.15) is 0 Å². The summed E-state index contributed by atoms with van der Waals surface area (Å²) in [6, 6.07) is 6.59. The first-order chi connectivity index (χ1) is 6.97. The summed E-state index contributed by atoms with van der Waals surface area (Å²) in [5.74, 6) is 0. The van der Waals surface area contributed by atoms with E-state index in [1.807, 2.05) is 0 Å². The first kappa shape index (κ1) is 10.9. The Balaban J connectivity index is 2.50. The van der Waals surface area contributed by atoms with Crippen LogP contribution in [0.15, 0.2) is 40.0 Å². The molecule has 0 aromatic carbocycles. The van der Waals surface area contributed by atoms with E-state index < -0.39 is 5.51 Å². The first-order valence-corrected chi connectivity index (χ1v) is 5.60. The molecule has 0 aliphatic heterocycles. The Kier molecular flexibility index (Phi) is 2.72. The van der Waals surface area contributed by atoms with Crippen molar-refractivity contribution in [2.75, 3.05) is 0 Å². The topological polar surface area (TPSA) is 4.41 Å². The van der Waals surface area contributed by atoms with Crippen LogP contribution in [0.2, 0.25) is 0 Å². The van der Waals surface area contributed by atoms with Gasteiger partial charge < -0.3 is 4.40 Å². The van der Waals surface area contributed by atoms with Crippen LogP contribution >= 0.6 is 27.7 Å². The van der Waals surface area contributed by atoms with Gasteiger partial charge in [-0.15, -0.1) is 0 Å². The summed E-state index contributed by atoms with van der Waals surface area (Å²) >= 11 is 3.17. The predicted molar refractivity (Wildman–Crippen MR) is 57.0 cm³/mol. The van der Waals surface area contributed by atoms with Gasteiger partial charge in [0.25, 0.3) is 0 Å². The molecule has 2 aromatic rings. The lowest BCUT2D eigenvalue weighted by atomic mass is 10.4. The van der Waals surface area contributed by atoms with Crippen molar-refractivity contribution < 1.29 is 13.2 Å². The van der Waals surface area contributed by atoms with Gasteiger partial charge >= 0.3 is 5.51 Å². The second-order valence-corrected chi connectivity index (χ2v) is 4.77. The Morgan fingerprint density at radius 3 is 2.60 bits per heavy atom. The molecule has 2 rings (SSSR count). The fourth-order valence-electron chi connectivity index (χ4n) is 1.28. The van der Waals surface area contributed by atoms with E-state index in [1.54, 1.807) is 24.4 Å². The van der Waals surface area contributed by atoms with Gasteiger partial charge in [-0.3, -0.25) is 0 Å². The van der Waals surface area contributed by atoms with E-state index in [4.69, 9.17) is 0 Å². The maximum Gasteiger partial charge on any atom is 0.447 e. The first-order valence-electron chi connectivity index (χ1n) is 3.99. The summed E-state index contributed by atoms with van der Waals surface area (Å²) in [4.78, 5) is 0. The van der Waals surface area contributed by atoms with E-state index >= 15 is 0 Å². The summed E-state index contributed by atoms with van der Waals surface area (Å²) in [7, 11) is 0. The van der Waals surface area contributed by atoms with E-state index in [-0.39, 0.29) is 16.8 Å². The third-order valence-electron chi connectivity index (χ3n) is 1.82. The van der Waals surface area contributed by atoms with Crippen LogP contribution in [-0.2, 0) is 0 Å². The lowest BCUT2D eigenvalue weighted by Crippen LogP contribution is -2.00. The molecule has 0 atom stereocenters. The molecule has 0 aliphatic carbocycles. The molecule has 0 unspecified atom stereocenters. The number of alkyl halides is 3. The Morgan fingerprint density at radius 1 is 1.20 bits per heavy atom. The summed E-state index contributed by atoms with van der Waals surface area (Å²) in [5.41, 5.74) is -3.53. The molecular weight excluding hydrogens is 291 g/mol. The molecule has 80 valence electrons. The number of nitrogens with zero attached hydrogens (tertiary/aromatic N) is 1. The van der Waals surface area contributed by atoms with Crippen LogP contribution < -0.4 is 0 Å². The lowest BCUT2D eigenvalue weighted by Gasteiger charge is -2.06. The lowest BCUT2D eigenvalue weighted by molar-refractivity contribution is -0.0329. The summed E-state index contributed by atoms with van der Waals surface area (Å²) in [5, 5.41) is 0.166. The zero-order valence-electron chi connectivity index (χ0n) is 7.25. The summed E-state index contributed by atoms with van der Waals surface area (Å²) in [6.45, 7) is 0. The molecule has 2 aromatic heterocycles. The fourth-order valence-corrected chi connectivity index (χ4v) is 2.39. The predicted octanol–water partition coefficient (Wildman–Crippen LogP) is 4.31. The van der Waals surface area contributed by atoms with Gasteiger partial charge in [-0.2, -0.15) is 13.2 Å². The monoisotopic (exact) mass is 295 g/mol. The molecule has 1 nitrogen and oxygen atoms in total. The molecule has 0 aliphatic rings. The van der Waals surface area contributed by atoms with Crippen LogP contribution in [0.25, 0.3) is 5.52 Å². The maximum atomic E-state index is 12.2. The molecule has 0 bridgehead atoms. The maximum absolute atomic E-state index is 12.2. The van der Waals surface area contributed by atoms with Gasteiger partial charge in [-0.25, -0.2) is 0 Å². The number of hydrogen-bond acceptors (Lipinski definition) is 1. The quantitative estimate of drug-likeness (QED) is 0.709. The number of halogens is 4. The highest BCUT2D eigenvalue weighted by molar-refractivity contribution is 9.10. The van der Waals surface area contributed by atoms with Crippen molar-refractivity contribution in [2.45, 2.75) is 10.5 Å². The number of hydrogen-bond donors (Lipinski definition) is 0. The van der Waals surface area contributed by atoms with E-state index in [2.05, 4.69) is 15.9 Å². The largest absolute Gasteiger partial charge is 0.447 e. The third-order valence-corrected chi connectivity index (χ3v) is 3.27. The van der Waals surface area contributed by atoms with Gasteiger partial charge in [-0.1, -0.05) is 0 Å². The van der Waals surface area contributed by atoms with Gasteiger partial charge in [0.15, 0.2) is 0 Å². The van der Waals surface area contributed by atoms with Crippen LogP contribution in [0.4, 0.5) is 13.2 Å².